The van der Waals surface area contributed by atoms with Crippen molar-refractivity contribution in [2.75, 3.05) is 0 Å². The molecule has 23 heavy (non-hydrogen) atoms. The van der Waals surface area contributed by atoms with Gasteiger partial charge in [-0.15, -0.1) is 0 Å². The summed E-state index contributed by atoms with van der Waals surface area (Å²) in [5.41, 5.74) is 1.26. The fourth-order valence-electron chi connectivity index (χ4n) is 2.61. The maximum atomic E-state index is 8.85. The lowest BCUT2D eigenvalue weighted by Gasteiger charge is -2.00. The van der Waals surface area contributed by atoms with Crippen LogP contribution in [0.5, 0.6) is 5.75 Å². The van der Waals surface area contributed by atoms with Crippen LogP contribution in [0.15, 0.2) is 84.9 Å². The predicted octanol–water partition coefficient (Wildman–Crippen LogP) is 5.95. The summed E-state index contributed by atoms with van der Waals surface area (Å²) >= 11 is 0. The highest BCUT2D eigenvalue weighted by molar-refractivity contribution is 5.98. The van der Waals surface area contributed by atoms with Crippen LogP contribution in [0, 0.1) is 0 Å². The van der Waals surface area contributed by atoms with Crippen LogP contribution in [-0.4, -0.2) is 5.11 Å². The first-order valence-electron chi connectivity index (χ1n) is 7.92. The van der Waals surface area contributed by atoms with Gasteiger partial charge in [-0.1, -0.05) is 67.6 Å². The Morgan fingerprint density at radius 1 is 0.609 bits per heavy atom. The molecule has 0 amide bonds. The summed E-state index contributed by atoms with van der Waals surface area (Å²) < 4.78 is 0. The monoisotopic (exact) mass is 300 g/mol. The van der Waals surface area contributed by atoms with Crippen molar-refractivity contribution in [2.45, 2.75) is 13.3 Å². The molecule has 0 bridgehead atoms. The van der Waals surface area contributed by atoms with Crippen LogP contribution in [-0.2, 0) is 6.42 Å². The molecule has 0 heterocycles. The zero-order valence-electron chi connectivity index (χ0n) is 13.2. The van der Waals surface area contributed by atoms with Crippen LogP contribution >= 0.6 is 0 Å². The SMILES string of the molecule is CCc1ccc(O)cc1.c1ccc2cc3ccccc3cc2c1. The maximum absolute atomic E-state index is 8.85. The van der Waals surface area contributed by atoms with Gasteiger partial charge < -0.3 is 5.11 Å². The van der Waals surface area contributed by atoms with Crippen LogP contribution in [0.25, 0.3) is 21.5 Å². The summed E-state index contributed by atoms with van der Waals surface area (Å²) in [6.45, 7) is 2.09. The molecule has 1 N–H and O–H groups in total. The van der Waals surface area contributed by atoms with E-state index in [4.69, 9.17) is 5.11 Å². The topological polar surface area (TPSA) is 20.2 Å². The van der Waals surface area contributed by atoms with Crippen molar-refractivity contribution in [1.82, 2.24) is 0 Å². The van der Waals surface area contributed by atoms with Gasteiger partial charge in [0, 0.05) is 0 Å². The molecule has 0 saturated heterocycles. The first kappa shape index (κ1) is 15.1. The Kier molecular flexibility index (Phi) is 4.58. The smallest absolute Gasteiger partial charge is 0.115 e. The molecule has 1 nitrogen and oxygen atoms in total. The Balaban J connectivity index is 0.000000151. The minimum Gasteiger partial charge on any atom is -0.508 e. The van der Waals surface area contributed by atoms with Crippen molar-refractivity contribution in [3.63, 3.8) is 0 Å². The van der Waals surface area contributed by atoms with Crippen LogP contribution in [0.1, 0.15) is 12.5 Å². The highest BCUT2D eigenvalue weighted by atomic mass is 16.3. The minimum absolute atomic E-state index is 0.340. The maximum Gasteiger partial charge on any atom is 0.115 e. The fourth-order valence-corrected chi connectivity index (χ4v) is 2.61. The van der Waals surface area contributed by atoms with Gasteiger partial charge in [0.15, 0.2) is 0 Å². The highest BCUT2D eigenvalue weighted by Crippen LogP contribution is 2.22. The Morgan fingerprint density at radius 3 is 1.35 bits per heavy atom. The summed E-state index contributed by atoms with van der Waals surface area (Å²) in [5, 5.41) is 14.1. The molecule has 0 aliphatic carbocycles. The molecule has 0 aromatic heterocycles. The number of hydrogen-bond acceptors (Lipinski definition) is 1. The van der Waals surface area contributed by atoms with E-state index >= 15 is 0 Å². The first-order chi connectivity index (χ1) is 11.3. The van der Waals surface area contributed by atoms with Crippen molar-refractivity contribution in [2.24, 2.45) is 0 Å². The summed E-state index contributed by atoms with van der Waals surface area (Å²) in [5.74, 6) is 0.340. The molecule has 4 rings (SSSR count). The number of phenolic OH excluding ortho intramolecular Hbond substituents is 1. The first-order valence-corrected chi connectivity index (χ1v) is 7.92. The van der Waals surface area contributed by atoms with Crippen molar-refractivity contribution in [3.8, 4) is 5.75 Å². The molecule has 0 spiro atoms. The lowest BCUT2D eigenvalue weighted by atomic mass is 10.0. The number of benzene rings is 4. The number of aromatic hydroxyl groups is 1. The second-order valence-electron chi connectivity index (χ2n) is 5.57. The van der Waals surface area contributed by atoms with E-state index < -0.39 is 0 Å². The van der Waals surface area contributed by atoms with E-state index in [1.165, 1.54) is 27.1 Å². The van der Waals surface area contributed by atoms with E-state index in [-0.39, 0.29) is 0 Å². The molecule has 4 aromatic rings. The van der Waals surface area contributed by atoms with E-state index in [1.807, 2.05) is 12.1 Å². The van der Waals surface area contributed by atoms with Gasteiger partial charge in [0.05, 0.1) is 0 Å². The van der Waals surface area contributed by atoms with Gasteiger partial charge in [0.25, 0.3) is 0 Å². The Morgan fingerprint density at radius 2 is 1.00 bits per heavy atom. The van der Waals surface area contributed by atoms with Gasteiger partial charge >= 0.3 is 0 Å². The normalized spacial score (nSPS) is 10.3. The lowest BCUT2D eigenvalue weighted by molar-refractivity contribution is 0.475. The van der Waals surface area contributed by atoms with Gasteiger partial charge in [0.1, 0.15) is 5.75 Å². The van der Waals surface area contributed by atoms with Gasteiger partial charge in [0.2, 0.25) is 0 Å². The van der Waals surface area contributed by atoms with Crippen molar-refractivity contribution >= 4 is 21.5 Å². The molecule has 114 valence electrons. The molecule has 0 radical (unpaired) electrons. The Labute approximate surface area is 136 Å². The zero-order valence-corrected chi connectivity index (χ0v) is 13.2. The number of hydrogen-bond donors (Lipinski definition) is 1. The second-order valence-corrected chi connectivity index (χ2v) is 5.57. The van der Waals surface area contributed by atoms with E-state index in [2.05, 4.69) is 67.6 Å². The molecule has 0 unspecified atom stereocenters. The molecule has 0 atom stereocenters. The third kappa shape index (κ3) is 3.70. The largest absolute Gasteiger partial charge is 0.508 e. The summed E-state index contributed by atoms with van der Waals surface area (Å²) in [6.07, 6.45) is 1.03. The average Bonchev–Trinajstić information content (AvgIpc) is 2.61. The van der Waals surface area contributed by atoms with Crippen LogP contribution in [0.2, 0.25) is 0 Å². The Hall–Kier alpha value is -2.80. The Bertz CT molecular complexity index is 803. The zero-order chi connectivity index (χ0) is 16.1. The number of aryl methyl sites for hydroxylation is 1. The van der Waals surface area contributed by atoms with Crippen LogP contribution in [0.4, 0.5) is 0 Å². The van der Waals surface area contributed by atoms with E-state index in [0.29, 0.717) is 5.75 Å². The second kappa shape index (κ2) is 6.97. The summed E-state index contributed by atoms with van der Waals surface area (Å²) in [4.78, 5) is 0. The molecule has 0 fully saturated rings. The molecule has 0 aliphatic heterocycles. The highest BCUT2D eigenvalue weighted by Gasteiger charge is 1.95. The van der Waals surface area contributed by atoms with Crippen molar-refractivity contribution in [3.05, 3.63) is 90.5 Å². The third-order valence-electron chi connectivity index (χ3n) is 3.96. The molecular weight excluding hydrogens is 280 g/mol. The summed E-state index contributed by atoms with van der Waals surface area (Å²) in [7, 11) is 0. The minimum atomic E-state index is 0.340. The fraction of sp³-hybridized carbons (Fsp3) is 0.0909. The standard InChI is InChI=1S/C14H10.C8H10O/c1-2-6-12-10-14-8-4-3-7-13(14)9-11(12)5-1;1-2-7-3-5-8(9)6-4-7/h1-10H;3-6,9H,2H2,1H3. The van der Waals surface area contributed by atoms with Crippen LogP contribution < -0.4 is 0 Å². The number of fused-ring (bicyclic) bond motifs is 2. The quantitative estimate of drug-likeness (QED) is 0.431. The number of rotatable bonds is 1. The lowest BCUT2D eigenvalue weighted by Crippen LogP contribution is -1.75. The van der Waals surface area contributed by atoms with E-state index in [0.717, 1.165) is 6.42 Å². The average molecular weight is 300 g/mol. The van der Waals surface area contributed by atoms with Gasteiger partial charge in [-0.3, -0.25) is 0 Å². The van der Waals surface area contributed by atoms with Gasteiger partial charge in [-0.05, 0) is 57.8 Å². The molecule has 1 heteroatoms. The van der Waals surface area contributed by atoms with E-state index in [1.54, 1.807) is 12.1 Å². The van der Waals surface area contributed by atoms with Gasteiger partial charge in [-0.2, -0.15) is 0 Å². The number of phenols is 1. The van der Waals surface area contributed by atoms with Crippen LogP contribution in [0.3, 0.4) is 0 Å². The van der Waals surface area contributed by atoms with Crippen molar-refractivity contribution < 1.29 is 5.11 Å². The summed E-state index contributed by atoms with van der Waals surface area (Å²) in [6, 6.07) is 28.7. The van der Waals surface area contributed by atoms with Gasteiger partial charge in [-0.25, -0.2) is 0 Å². The molecule has 0 aliphatic rings. The van der Waals surface area contributed by atoms with Crippen molar-refractivity contribution in [1.29, 1.82) is 0 Å². The third-order valence-corrected chi connectivity index (χ3v) is 3.96. The molecule has 4 aromatic carbocycles. The predicted molar refractivity (Wildman–Crippen MR) is 98.9 cm³/mol. The van der Waals surface area contributed by atoms with E-state index in [9.17, 15) is 0 Å². The molecule has 0 saturated carbocycles. The molecular formula is C22H20O.